The second-order valence-corrected chi connectivity index (χ2v) is 10.8. The second kappa shape index (κ2) is 8.95. The number of thioether (sulfide) groups is 1. The van der Waals surface area contributed by atoms with E-state index in [0.29, 0.717) is 21.0 Å². The Morgan fingerprint density at radius 1 is 1.31 bits per heavy atom. The average molecular weight is 468 g/mol. The van der Waals surface area contributed by atoms with Gasteiger partial charge in [-0.25, -0.2) is 4.99 Å². The van der Waals surface area contributed by atoms with Crippen molar-refractivity contribution >= 4 is 51.9 Å². The average Bonchev–Trinajstić information content (AvgIpc) is 3.04. The Morgan fingerprint density at radius 2 is 2.09 bits per heavy atom. The Balaban J connectivity index is 1.66. The highest BCUT2D eigenvalue weighted by molar-refractivity contribution is 8.18. The fourth-order valence-electron chi connectivity index (χ4n) is 4.74. The molecule has 168 valence electrons. The van der Waals surface area contributed by atoms with E-state index < -0.39 is 0 Å². The van der Waals surface area contributed by atoms with Crippen LogP contribution in [0, 0.1) is 6.92 Å². The van der Waals surface area contributed by atoms with Crippen LogP contribution in [0.25, 0.3) is 6.08 Å². The first-order chi connectivity index (χ1) is 15.2. The van der Waals surface area contributed by atoms with E-state index in [0.717, 1.165) is 30.6 Å². The highest BCUT2D eigenvalue weighted by Crippen LogP contribution is 2.45. The van der Waals surface area contributed by atoms with E-state index in [1.807, 2.05) is 18.2 Å². The van der Waals surface area contributed by atoms with E-state index >= 15 is 0 Å². The molecule has 0 radical (unpaired) electrons. The molecule has 1 unspecified atom stereocenters. The van der Waals surface area contributed by atoms with Crippen LogP contribution in [0.3, 0.4) is 0 Å². The summed E-state index contributed by atoms with van der Waals surface area (Å²) in [5.74, 6) is 0.352. The Hall–Kier alpha value is -2.24. The maximum absolute atomic E-state index is 12.6. The van der Waals surface area contributed by atoms with E-state index in [4.69, 9.17) is 11.6 Å². The van der Waals surface area contributed by atoms with E-state index in [1.165, 1.54) is 28.6 Å². The normalized spacial score (nSPS) is 22.4. The molecule has 2 aromatic rings. The summed E-state index contributed by atoms with van der Waals surface area (Å²) >= 11 is 7.42. The van der Waals surface area contributed by atoms with Gasteiger partial charge in [0.25, 0.3) is 5.91 Å². The minimum absolute atomic E-state index is 0.116. The Morgan fingerprint density at radius 3 is 2.81 bits per heavy atom. The van der Waals surface area contributed by atoms with Crippen LogP contribution in [0.15, 0.2) is 46.3 Å². The minimum atomic E-state index is -0.116. The molecule has 0 saturated carbocycles. The van der Waals surface area contributed by atoms with E-state index in [-0.39, 0.29) is 11.4 Å². The van der Waals surface area contributed by atoms with Crippen LogP contribution in [0.2, 0.25) is 5.02 Å². The molecule has 4 rings (SSSR count). The molecule has 0 aliphatic carbocycles. The fraction of sp³-hybridized carbons (Fsp3) is 0.385. The molecule has 4 nitrogen and oxygen atoms in total. The molecule has 1 amide bonds. The molecule has 0 spiro atoms. The summed E-state index contributed by atoms with van der Waals surface area (Å²) in [7, 11) is 0. The van der Waals surface area contributed by atoms with Gasteiger partial charge in [0.1, 0.15) is 0 Å². The predicted octanol–water partition coefficient (Wildman–Crippen LogP) is 7.04. The van der Waals surface area contributed by atoms with Gasteiger partial charge in [0.05, 0.1) is 10.6 Å². The third kappa shape index (κ3) is 4.60. The summed E-state index contributed by atoms with van der Waals surface area (Å²) < 4.78 is 0. The number of hydrogen-bond donors (Lipinski definition) is 1. The molecule has 2 aliphatic heterocycles. The molecule has 0 aromatic heterocycles. The lowest BCUT2D eigenvalue weighted by Crippen LogP contribution is -2.48. The number of carbonyl (C=O) groups excluding carboxylic acids is 1. The number of hydrogen-bond acceptors (Lipinski definition) is 4. The van der Waals surface area contributed by atoms with Gasteiger partial charge < -0.3 is 10.2 Å². The number of anilines is 1. The van der Waals surface area contributed by atoms with Gasteiger partial charge in [0, 0.05) is 22.8 Å². The van der Waals surface area contributed by atoms with Gasteiger partial charge in [0.2, 0.25) is 0 Å². The number of benzene rings is 2. The van der Waals surface area contributed by atoms with E-state index in [9.17, 15) is 4.79 Å². The fourth-order valence-corrected chi connectivity index (χ4v) is 5.76. The van der Waals surface area contributed by atoms with Crippen molar-refractivity contribution in [3.05, 3.63) is 63.0 Å². The van der Waals surface area contributed by atoms with Crippen LogP contribution in [0.5, 0.6) is 0 Å². The number of halogens is 1. The van der Waals surface area contributed by atoms with Gasteiger partial charge in [-0.1, -0.05) is 31.5 Å². The highest BCUT2D eigenvalue weighted by Gasteiger charge is 2.36. The van der Waals surface area contributed by atoms with Gasteiger partial charge in [-0.05, 0) is 104 Å². The SMILES string of the molecule is CCCN1c2cc(C)c(/C=C3/SC(=Nc4cccc(Cl)c4)NC3=O)cc2C(C)CC1(C)C. The van der Waals surface area contributed by atoms with Gasteiger partial charge in [-0.3, -0.25) is 4.79 Å². The van der Waals surface area contributed by atoms with Crippen LogP contribution in [-0.2, 0) is 4.79 Å². The van der Waals surface area contributed by atoms with E-state index in [2.05, 4.69) is 62.0 Å². The standard InChI is InChI=1S/C26H30ClN3OS/c1-6-10-30-22-11-16(2)18(12-21(22)17(3)15-26(30,4)5)13-23-24(31)29-25(32-23)28-20-9-7-8-19(27)14-20/h7-9,11-14,17H,6,10,15H2,1-5H3,(H,28,29,31)/b23-13+. The van der Waals surface area contributed by atoms with Gasteiger partial charge >= 0.3 is 0 Å². The van der Waals surface area contributed by atoms with Crippen molar-refractivity contribution in [3.8, 4) is 0 Å². The van der Waals surface area contributed by atoms with Crippen molar-refractivity contribution in [2.75, 3.05) is 11.4 Å². The number of nitrogens with one attached hydrogen (secondary N) is 1. The van der Waals surface area contributed by atoms with Crippen LogP contribution >= 0.6 is 23.4 Å². The van der Waals surface area contributed by atoms with Crippen LogP contribution in [-0.4, -0.2) is 23.2 Å². The van der Waals surface area contributed by atoms with Crippen LogP contribution in [0.1, 0.15) is 63.1 Å². The maximum Gasteiger partial charge on any atom is 0.264 e. The predicted molar refractivity (Wildman–Crippen MR) is 138 cm³/mol. The summed E-state index contributed by atoms with van der Waals surface area (Å²) in [6.45, 7) is 12.4. The molecule has 2 aromatic carbocycles. The summed E-state index contributed by atoms with van der Waals surface area (Å²) in [6.07, 6.45) is 4.23. The van der Waals surface area contributed by atoms with Crippen LogP contribution < -0.4 is 10.2 Å². The minimum Gasteiger partial charge on any atom is -0.366 e. The molecule has 2 heterocycles. The number of aryl methyl sites for hydroxylation is 1. The molecule has 32 heavy (non-hydrogen) atoms. The molecule has 2 aliphatic rings. The monoisotopic (exact) mass is 467 g/mol. The largest absolute Gasteiger partial charge is 0.366 e. The van der Waals surface area contributed by atoms with Crippen molar-refractivity contribution in [3.63, 3.8) is 0 Å². The van der Waals surface area contributed by atoms with Crippen molar-refractivity contribution in [2.24, 2.45) is 4.99 Å². The molecular formula is C26H30ClN3OS. The lowest BCUT2D eigenvalue weighted by molar-refractivity contribution is -0.115. The third-order valence-corrected chi connectivity index (χ3v) is 7.34. The number of rotatable bonds is 4. The number of amides is 1. The molecule has 6 heteroatoms. The number of amidine groups is 1. The van der Waals surface area contributed by atoms with E-state index in [1.54, 1.807) is 12.1 Å². The number of carbonyl (C=O) groups is 1. The summed E-state index contributed by atoms with van der Waals surface area (Å²) in [5.41, 5.74) is 5.83. The zero-order chi connectivity index (χ0) is 23.0. The summed E-state index contributed by atoms with van der Waals surface area (Å²) in [5, 5.41) is 4.07. The molecule has 0 bridgehead atoms. The smallest absolute Gasteiger partial charge is 0.264 e. The topological polar surface area (TPSA) is 44.7 Å². The Labute approximate surface area is 200 Å². The number of nitrogens with zero attached hydrogens (tertiary/aromatic N) is 2. The number of aliphatic imine (C=N–C) groups is 1. The zero-order valence-corrected chi connectivity index (χ0v) is 20.9. The van der Waals surface area contributed by atoms with Crippen molar-refractivity contribution < 1.29 is 4.79 Å². The van der Waals surface area contributed by atoms with Crippen molar-refractivity contribution in [1.29, 1.82) is 0 Å². The Kier molecular flexibility index (Phi) is 6.42. The van der Waals surface area contributed by atoms with Crippen molar-refractivity contribution in [1.82, 2.24) is 5.32 Å². The first kappa shape index (κ1) is 22.9. The highest BCUT2D eigenvalue weighted by atomic mass is 35.5. The first-order valence-corrected chi connectivity index (χ1v) is 12.3. The second-order valence-electron chi connectivity index (χ2n) is 9.30. The lowest BCUT2D eigenvalue weighted by Gasteiger charge is -2.48. The molecule has 1 fully saturated rings. The van der Waals surface area contributed by atoms with Gasteiger partial charge in [-0.2, -0.15) is 0 Å². The molecule has 1 saturated heterocycles. The molecular weight excluding hydrogens is 438 g/mol. The molecule has 1 N–H and O–H groups in total. The third-order valence-electron chi connectivity index (χ3n) is 6.20. The van der Waals surface area contributed by atoms with Gasteiger partial charge in [0.15, 0.2) is 5.17 Å². The Bertz CT molecular complexity index is 1120. The lowest BCUT2D eigenvalue weighted by atomic mass is 9.79. The molecule has 1 atom stereocenters. The van der Waals surface area contributed by atoms with Crippen LogP contribution in [0.4, 0.5) is 11.4 Å². The summed E-state index contributed by atoms with van der Waals surface area (Å²) in [6, 6.07) is 11.9. The summed E-state index contributed by atoms with van der Waals surface area (Å²) in [4.78, 5) is 20.4. The van der Waals surface area contributed by atoms with Gasteiger partial charge in [-0.15, -0.1) is 0 Å². The van der Waals surface area contributed by atoms with Crippen molar-refractivity contribution in [2.45, 2.75) is 58.9 Å². The first-order valence-electron chi connectivity index (χ1n) is 11.2. The maximum atomic E-state index is 12.6. The number of fused-ring (bicyclic) bond motifs is 1. The quantitative estimate of drug-likeness (QED) is 0.490. The zero-order valence-electron chi connectivity index (χ0n) is 19.3.